The average molecular weight is 269 g/mol. The molecular weight excluding hydrogens is 251 g/mol. The summed E-state index contributed by atoms with van der Waals surface area (Å²) in [5.74, 6) is 0.464. The highest BCUT2D eigenvalue weighted by molar-refractivity contribution is 8.00. The summed E-state index contributed by atoms with van der Waals surface area (Å²) in [5.41, 5.74) is 1.00. The number of nitrogens with two attached hydrogens (primary N) is 1. The van der Waals surface area contributed by atoms with Crippen LogP contribution in [0.5, 0.6) is 0 Å². The van der Waals surface area contributed by atoms with E-state index in [-0.39, 0.29) is 17.1 Å². The van der Waals surface area contributed by atoms with E-state index in [0.29, 0.717) is 5.75 Å². The third-order valence-electron chi connectivity index (χ3n) is 2.99. The molecule has 3 nitrogen and oxygen atoms in total. The van der Waals surface area contributed by atoms with Crippen LogP contribution in [0.25, 0.3) is 0 Å². The Morgan fingerprint density at radius 1 is 1.44 bits per heavy atom. The van der Waals surface area contributed by atoms with E-state index in [1.807, 2.05) is 4.90 Å². The van der Waals surface area contributed by atoms with E-state index >= 15 is 0 Å². The van der Waals surface area contributed by atoms with Gasteiger partial charge in [0.25, 0.3) is 0 Å². The number of thioether (sulfide) groups is 1. The third-order valence-corrected chi connectivity index (χ3v) is 4.24. The quantitative estimate of drug-likeness (QED) is 0.809. The molecule has 0 aliphatic carbocycles. The lowest BCUT2D eigenvalue weighted by atomic mass is 10.2. The normalized spacial score (nSPS) is 19.6. The van der Waals surface area contributed by atoms with E-state index in [1.54, 1.807) is 23.9 Å². The third kappa shape index (κ3) is 3.03. The molecule has 0 unspecified atom stereocenters. The van der Waals surface area contributed by atoms with E-state index in [2.05, 4.69) is 12.2 Å². The second-order valence-corrected chi connectivity index (χ2v) is 5.36. The summed E-state index contributed by atoms with van der Waals surface area (Å²) < 4.78 is 12.9. The van der Waals surface area contributed by atoms with Crippen LogP contribution in [0.2, 0.25) is 0 Å². The maximum Gasteiger partial charge on any atom is 0.234 e. The monoisotopic (exact) mass is 269 g/mol. The van der Waals surface area contributed by atoms with Crippen LogP contribution in [-0.2, 0) is 4.79 Å². The van der Waals surface area contributed by atoms with Gasteiger partial charge in [0.15, 0.2) is 0 Å². The molecule has 1 saturated heterocycles. The summed E-state index contributed by atoms with van der Waals surface area (Å²) in [6, 6.07) is 6.44. The van der Waals surface area contributed by atoms with Gasteiger partial charge in [-0.1, -0.05) is 12.1 Å². The molecule has 18 heavy (non-hydrogen) atoms. The van der Waals surface area contributed by atoms with Crippen molar-refractivity contribution in [1.29, 1.82) is 0 Å². The second kappa shape index (κ2) is 6.20. The number of carbonyl (C=O) groups is 1. The summed E-state index contributed by atoms with van der Waals surface area (Å²) in [6.07, 6.45) is 0. The van der Waals surface area contributed by atoms with Crippen LogP contribution in [0.4, 0.5) is 4.39 Å². The van der Waals surface area contributed by atoms with Crippen LogP contribution in [0, 0.1) is 5.82 Å². The van der Waals surface area contributed by atoms with Gasteiger partial charge >= 0.3 is 0 Å². The molecule has 1 aliphatic rings. The molecule has 0 radical (unpaired) electrons. The molecule has 1 aromatic rings. The van der Waals surface area contributed by atoms with Gasteiger partial charge in [0.1, 0.15) is 11.2 Å². The highest BCUT2D eigenvalue weighted by Gasteiger charge is 2.32. The molecule has 1 heterocycles. The molecule has 1 aliphatic heterocycles. The molecule has 2 rings (SSSR count). The minimum atomic E-state index is -0.237. The largest absolute Gasteiger partial charge is 0.345 e. The highest BCUT2D eigenvalue weighted by Crippen LogP contribution is 2.38. The van der Waals surface area contributed by atoms with Crippen LogP contribution in [0.1, 0.15) is 17.9 Å². The van der Waals surface area contributed by atoms with Crippen LogP contribution in [-0.4, -0.2) is 36.2 Å². The zero-order chi connectivity index (χ0) is 13.0. The van der Waals surface area contributed by atoms with Crippen molar-refractivity contribution in [3.63, 3.8) is 0 Å². The Bertz CT molecular complexity index is 410. The smallest absolute Gasteiger partial charge is 0.234 e. The number of nitrogens with zero attached hydrogens (tertiary/aromatic N) is 1. The minimum absolute atomic E-state index is 0.0448. The number of benzene rings is 1. The first-order valence-electron chi connectivity index (χ1n) is 6.20. The fourth-order valence-electron chi connectivity index (χ4n) is 2.03. The Hall–Kier alpha value is -1.07. The van der Waals surface area contributed by atoms with E-state index in [4.69, 9.17) is 0 Å². The summed E-state index contributed by atoms with van der Waals surface area (Å²) in [6.45, 7) is 4.79. The molecule has 0 spiro atoms. The standard InChI is InChI=1S/C13H17FN2OS/c1-2-15-7-8-16-12(17)9-18-13(16)10-3-5-11(14)6-4-10/h3-6,13,15H,2,7-9H2,1H3/p+1/t13-/m1/s1. The second-order valence-electron chi connectivity index (χ2n) is 4.29. The number of likely N-dealkylation sites (N-methyl/N-ethyl adjacent to an activating group) is 1. The summed E-state index contributed by atoms with van der Waals surface area (Å²) in [7, 11) is 0. The molecule has 1 fully saturated rings. The summed E-state index contributed by atoms with van der Waals surface area (Å²) in [4.78, 5) is 13.7. The Balaban J connectivity index is 2.06. The predicted molar refractivity (Wildman–Crippen MR) is 70.6 cm³/mol. The van der Waals surface area contributed by atoms with Crippen LogP contribution < -0.4 is 5.32 Å². The molecule has 0 bridgehead atoms. The van der Waals surface area contributed by atoms with Gasteiger partial charge in [-0.15, -0.1) is 11.8 Å². The Morgan fingerprint density at radius 3 is 2.83 bits per heavy atom. The number of hydrogen-bond donors (Lipinski definition) is 1. The van der Waals surface area contributed by atoms with Crippen molar-refractivity contribution >= 4 is 17.7 Å². The molecule has 1 amide bonds. The van der Waals surface area contributed by atoms with E-state index in [9.17, 15) is 9.18 Å². The van der Waals surface area contributed by atoms with Crippen LogP contribution in [0.15, 0.2) is 24.3 Å². The lowest BCUT2D eigenvalue weighted by Gasteiger charge is -2.23. The zero-order valence-electron chi connectivity index (χ0n) is 10.4. The van der Waals surface area contributed by atoms with Gasteiger partial charge in [0, 0.05) is 0 Å². The fourth-order valence-corrected chi connectivity index (χ4v) is 3.25. The van der Waals surface area contributed by atoms with Gasteiger partial charge < -0.3 is 10.2 Å². The van der Waals surface area contributed by atoms with Crippen molar-refractivity contribution in [2.75, 3.05) is 25.4 Å². The van der Waals surface area contributed by atoms with Crippen molar-refractivity contribution in [2.45, 2.75) is 12.3 Å². The number of rotatable bonds is 5. The van der Waals surface area contributed by atoms with E-state index < -0.39 is 0 Å². The van der Waals surface area contributed by atoms with Crippen molar-refractivity contribution < 1.29 is 14.5 Å². The Labute approximate surface area is 111 Å². The van der Waals surface area contributed by atoms with Crippen molar-refractivity contribution in [3.8, 4) is 0 Å². The Kier molecular flexibility index (Phi) is 4.60. The molecule has 1 aromatic carbocycles. The van der Waals surface area contributed by atoms with Crippen LogP contribution >= 0.6 is 11.8 Å². The number of hydrogen-bond acceptors (Lipinski definition) is 2. The SMILES string of the molecule is CC[NH2+]CCN1C(=O)CS[C@@H]1c1ccc(F)cc1. The number of amides is 1. The molecule has 0 saturated carbocycles. The van der Waals surface area contributed by atoms with Gasteiger partial charge in [-0.2, -0.15) is 0 Å². The lowest BCUT2D eigenvalue weighted by molar-refractivity contribution is -0.651. The van der Waals surface area contributed by atoms with Crippen molar-refractivity contribution in [3.05, 3.63) is 35.6 Å². The molecule has 98 valence electrons. The van der Waals surface area contributed by atoms with Gasteiger partial charge in [-0.25, -0.2) is 4.39 Å². The first kappa shape index (κ1) is 13.4. The van der Waals surface area contributed by atoms with Crippen molar-refractivity contribution in [2.24, 2.45) is 0 Å². The summed E-state index contributed by atoms with van der Waals surface area (Å²) >= 11 is 1.62. The number of carbonyl (C=O) groups excluding carboxylic acids is 1. The minimum Gasteiger partial charge on any atom is -0.345 e. The van der Waals surface area contributed by atoms with Gasteiger partial charge in [-0.05, 0) is 24.6 Å². The zero-order valence-corrected chi connectivity index (χ0v) is 11.3. The highest BCUT2D eigenvalue weighted by atomic mass is 32.2. The van der Waals surface area contributed by atoms with E-state index in [1.165, 1.54) is 12.1 Å². The van der Waals surface area contributed by atoms with Crippen LogP contribution in [0.3, 0.4) is 0 Å². The Morgan fingerprint density at radius 2 is 2.17 bits per heavy atom. The predicted octanol–water partition coefficient (Wildman–Crippen LogP) is 0.983. The number of halogens is 1. The van der Waals surface area contributed by atoms with Gasteiger partial charge in [0.05, 0.1) is 25.4 Å². The van der Waals surface area contributed by atoms with Crippen molar-refractivity contribution in [1.82, 2.24) is 4.90 Å². The fraction of sp³-hybridized carbons (Fsp3) is 0.462. The van der Waals surface area contributed by atoms with E-state index in [0.717, 1.165) is 25.2 Å². The lowest BCUT2D eigenvalue weighted by Crippen LogP contribution is -2.85. The average Bonchev–Trinajstić information content (AvgIpc) is 2.73. The first-order chi connectivity index (χ1) is 8.72. The first-order valence-corrected chi connectivity index (χ1v) is 7.25. The maximum absolute atomic E-state index is 12.9. The topological polar surface area (TPSA) is 36.9 Å². The maximum atomic E-state index is 12.9. The molecule has 2 N–H and O–H groups in total. The number of quaternary nitrogens is 1. The van der Waals surface area contributed by atoms with Gasteiger partial charge in [-0.3, -0.25) is 4.79 Å². The molecule has 1 atom stereocenters. The van der Waals surface area contributed by atoms with Gasteiger partial charge in [0.2, 0.25) is 5.91 Å². The molecular formula is C13H18FN2OS+. The molecule has 0 aromatic heterocycles. The summed E-state index contributed by atoms with van der Waals surface area (Å²) in [5, 5.41) is 2.22. The molecule has 5 heteroatoms.